The first-order valence-electron chi connectivity index (χ1n) is 8.46. The minimum atomic E-state index is -0.148. The molecule has 1 heterocycles. The minimum Gasteiger partial charge on any atom is -0.493 e. The predicted octanol–water partition coefficient (Wildman–Crippen LogP) is 2.62. The van der Waals surface area contributed by atoms with E-state index in [0.29, 0.717) is 18.0 Å². The lowest BCUT2D eigenvalue weighted by molar-refractivity contribution is -0.122. The Balaban J connectivity index is 1.98. The molecular formula is C19H27N3O4. The highest BCUT2D eigenvalue weighted by Gasteiger charge is 2.17. The van der Waals surface area contributed by atoms with Gasteiger partial charge in [-0.05, 0) is 51.1 Å². The number of hydrogen-bond acceptors (Lipinski definition) is 6. The number of nitrogens with zero attached hydrogens (tertiary/aromatic N) is 2. The average Bonchev–Trinajstić information content (AvgIpc) is 2.98. The van der Waals surface area contributed by atoms with Crippen LogP contribution in [0.25, 0.3) is 0 Å². The number of likely N-dealkylation sites (N-methyl/N-ethyl adjacent to an activating group) is 1. The Bertz CT molecular complexity index is 757. The zero-order chi connectivity index (χ0) is 19.3. The maximum atomic E-state index is 12.4. The van der Waals surface area contributed by atoms with E-state index in [-0.39, 0.29) is 18.5 Å². The highest BCUT2D eigenvalue weighted by atomic mass is 16.5. The second-order valence-corrected chi connectivity index (χ2v) is 6.45. The lowest BCUT2D eigenvalue weighted by atomic mass is 10.0. The molecule has 1 aromatic heterocycles. The topological polar surface area (TPSA) is 76.8 Å². The molecule has 0 radical (unpaired) electrons. The first-order chi connectivity index (χ1) is 12.3. The van der Waals surface area contributed by atoms with E-state index in [1.54, 1.807) is 14.2 Å². The number of hydrogen-bond donors (Lipinski definition) is 1. The third-order valence-corrected chi connectivity index (χ3v) is 4.14. The van der Waals surface area contributed by atoms with E-state index in [1.165, 1.54) is 0 Å². The van der Waals surface area contributed by atoms with Crippen LogP contribution < -0.4 is 14.8 Å². The second-order valence-electron chi connectivity index (χ2n) is 6.45. The molecule has 2 rings (SSSR count). The largest absolute Gasteiger partial charge is 0.493 e. The van der Waals surface area contributed by atoms with Gasteiger partial charge in [-0.25, -0.2) is 0 Å². The van der Waals surface area contributed by atoms with E-state index in [0.717, 1.165) is 22.6 Å². The third-order valence-electron chi connectivity index (χ3n) is 4.14. The zero-order valence-corrected chi connectivity index (χ0v) is 16.3. The number of aryl methyl sites for hydroxylation is 2. The molecule has 0 aliphatic rings. The van der Waals surface area contributed by atoms with Gasteiger partial charge in [0.1, 0.15) is 5.76 Å². The third kappa shape index (κ3) is 4.98. The van der Waals surface area contributed by atoms with Crippen molar-refractivity contribution >= 4 is 5.91 Å². The zero-order valence-electron chi connectivity index (χ0n) is 16.3. The molecule has 7 nitrogen and oxygen atoms in total. The Labute approximate surface area is 154 Å². The molecule has 1 amide bonds. The molecule has 7 heteroatoms. The van der Waals surface area contributed by atoms with Crippen molar-refractivity contribution in [2.75, 3.05) is 27.8 Å². The van der Waals surface area contributed by atoms with Crippen molar-refractivity contribution in [3.05, 3.63) is 40.8 Å². The number of rotatable bonds is 8. The summed E-state index contributed by atoms with van der Waals surface area (Å²) in [6.07, 6.45) is 0. The molecule has 0 spiro atoms. The van der Waals surface area contributed by atoms with Gasteiger partial charge in [0.25, 0.3) is 0 Å². The Morgan fingerprint density at radius 2 is 1.88 bits per heavy atom. The van der Waals surface area contributed by atoms with Gasteiger partial charge in [-0.15, -0.1) is 0 Å². The van der Waals surface area contributed by atoms with Gasteiger partial charge < -0.3 is 19.3 Å². The molecule has 2 aromatic rings. The van der Waals surface area contributed by atoms with Crippen molar-refractivity contribution in [1.29, 1.82) is 0 Å². The predicted molar refractivity (Wildman–Crippen MR) is 98.4 cm³/mol. The summed E-state index contributed by atoms with van der Waals surface area (Å²) in [4.78, 5) is 14.3. The fourth-order valence-corrected chi connectivity index (χ4v) is 2.90. The van der Waals surface area contributed by atoms with E-state index < -0.39 is 0 Å². The molecule has 0 aliphatic carbocycles. The fraction of sp³-hybridized carbons (Fsp3) is 0.474. The van der Waals surface area contributed by atoms with Gasteiger partial charge in [-0.1, -0.05) is 5.16 Å². The van der Waals surface area contributed by atoms with Gasteiger partial charge >= 0.3 is 0 Å². The molecule has 0 saturated carbocycles. The highest BCUT2D eigenvalue weighted by Crippen LogP contribution is 2.32. The molecule has 1 atom stereocenters. The summed E-state index contributed by atoms with van der Waals surface area (Å²) in [6, 6.07) is 5.53. The Kier molecular flexibility index (Phi) is 6.63. The summed E-state index contributed by atoms with van der Waals surface area (Å²) in [7, 11) is 5.07. The Hall–Kier alpha value is -2.54. The van der Waals surface area contributed by atoms with Crippen LogP contribution in [0.1, 0.15) is 35.5 Å². The van der Waals surface area contributed by atoms with E-state index >= 15 is 0 Å². The lowest BCUT2D eigenvalue weighted by Crippen LogP contribution is -2.36. The monoisotopic (exact) mass is 361 g/mol. The smallest absolute Gasteiger partial charge is 0.234 e. The number of carbonyl (C=O) groups excluding carboxylic acids is 1. The molecule has 1 N–H and O–H groups in total. The van der Waals surface area contributed by atoms with Crippen molar-refractivity contribution in [2.45, 2.75) is 33.4 Å². The van der Waals surface area contributed by atoms with Crippen LogP contribution in [0.3, 0.4) is 0 Å². The van der Waals surface area contributed by atoms with Gasteiger partial charge in [-0.2, -0.15) is 0 Å². The molecule has 1 unspecified atom stereocenters. The molecule has 142 valence electrons. The summed E-state index contributed by atoms with van der Waals surface area (Å²) in [6.45, 7) is 6.60. The normalized spacial score (nSPS) is 12.1. The number of ether oxygens (including phenoxy) is 2. The van der Waals surface area contributed by atoms with E-state index in [4.69, 9.17) is 14.0 Å². The maximum Gasteiger partial charge on any atom is 0.234 e. The summed E-state index contributed by atoms with van der Waals surface area (Å²) >= 11 is 0. The summed E-state index contributed by atoms with van der Waals surface area (Å²) in [5.74, 6) is 2.02. The van der Waals surface area contributed by atoms with E-state index in [1.807, 2.05) is 50.9 Å². The van der Waals surface area contributed by atoms with Gasteiger partial charge in [0.15, 0.2) is 11.5 Å². The molecule has 0 fully saturated rings. The number of benzene rings is 1. The minimum absolute atomic E-state index is 0.0607. The summed E-state index contributed by atoms with van der Waals surface area (Å²) in [5.41, 5.74) is 2.83. The molecule has 26 heavy (non-hydrogen) atoms. The van der Waals surface area contributed by atoms with Gasteiger partial charge in [0.2, 0.25) is 5.91 Å². The van der Waals surface area contributed by atoms with Crippen LogP contribution in [-0.2, 0) is 11.3 Å². The quantitative estimate of drug-likeness (QED) is 0.779. The van der Waals surface area contributed by atoms with E-state index in [2.05, 4.69) is 10.5 Å². The van der Waals surface area contributed by atoms with Crippen LogP contribution in [0.2, 0.25) is 0 Å². The standard InChI is InChI=1S/C19H27N3O4/c1-12-7-17(24-5)18(25-6)9-16(12)14(3)20-19(23)11-22(4)10-15-8-13(2)26-21-15/h7-9,14H,10-11H2,1-6H3,(H,20,23). The number of nitrogens with one attached hydrogen (secondary N) is 1. The molecule has 0 saturated heterocycles. The van der Waals surface area contributed by atoms with Crippen molar-refractivity contribution < 1.29 is 18.8 Å². The first kappa shape index (κ1) is 19.8. The number of amides is 1. The lowest BCUT2D eigenvalue weighted by Gasteiger charge is -2.21. The van der Waals surface area contributed by atoms with Crippen molar-refractivity contribution in [1.82, 2.24) is 15.4 Å². The number of methoxy groups -OCH3 is 2. The van der Waals surface area contributed by atoms with Crippen LogP contribution >= 0.6 is 0 Å². The summed E-state index contributed by atoms with van der Waals surface area (Å²) < 4.78 is 15.7. The average molecular weight is 361 g/mol. The SMILES string of the molecule is COc1cc(C)c(C(C)NC(=O)CN(C)Cc2cc(C)on2)cc1OC. The van der Waals surface area contributed by atoms with Crippen molar-refractivity contribution in [3.8, 4) is 11.5 Å². The van der Waals surface area contributed by atoms with Gasteiger partial charge in [0.05, 0.1) is 32.5 Å². The fourth-order valence-electron chi connectivity index (χ4n) is 2.90. The van der Waals surface area contributed by atoms with Crippen LogP contribution in [0.15, 0.2) is 22.7 Å². The van der Waals surface area contributed by atoms with Crippen LogP contribution in [0, 0.1) is 13.8 Å². The second kappa shape index (κ2) is 8.71. The Morgan fingerprint density at radius 1 is 1.23 bits per heavy atom. The van der Waals surface area contributed by atoms with Crippen LogP contribution in [-0.4, -0.2) is 43.8 Å². The highest BCUT2D eigenvalue weighted by molar-refractivity contribution is 5.78. The molecular weight excluding hydrogens is 334 g/mol. The molecule has 1 aromatic carbocycles. The van der Waals surface area contributed by atoms with E-state index in [9.17, 15) is 4.79 Å². The number of aromatic nitrogens is 1. The Morgan fingerprint density at radius 3 is 2.46 bits per heavy atom. The maximum absolute atomic E-state index is 12.4. The van der Waals surface area contributed by atoms with Gasteiger partial charge in [-0.3, -0.25) is 9.69 Å². The van der Waals surface area contributed by atoms with Crippen molar-refractivity contribution in [2.24, 2.45) is 0 Å². The van der Waals surface area contributed by atoms with Gasteiger partial charge in [0, 0.05) is 12.6 Å². The first-order valence-corrected chi connectivity index (χ1v) is 8.46. The van der Waals surface area contributed by atoms with Crippen LogP contribution in [0.4, 0.5) is 0 Å². The summed E-state index contributed by atoms with van der Waals surface area (Å²) in [5, 5.41) is 6.97. The van der Waals surface area contributed by atoms with Crippen LogP contribution in [0.5, 0.6) is 11.5 Å². The molecule has 0 bridgehead atoms. The van der Waals surface area contributed by atoms with Crippen molar-refractivity contribution in [3.63, 3.8) is 0 Å². The molecule has 0 aliphatic heterocycles. The number of carbonyl (C=O) groups is 1.